The molecule has 0 aliphatic carbocycles. The summed E-state index contributed by atoms with van der Waals surface area (Å²) in [7, 11) is 0. The zero-order valence-corrected chi connectivity index (χ0v) is 12.8. The van der Waals surface area contributed by atoms with Crippen LogP contribution in [0.2, 0.25) is 0 Å². The van der Waals surface area contributed by atoms with E-state index in [1.165, 1.54) is 6.42 Å². The van der Waals surface area contributed by atoms with Crippen molar-refractivity contribution in [2.75, 3.05) is 0 Å². The number of nitrogens with zero attached hydrogens (tertiary/aromatic N) is 1. The van der Waals surface area contributed by atoms with Crippen molar-refractivity contribution in [1.29, 1.82) is 0 Å². The van der Waals surface area contributed by atoms with Gasteiger partial charge in [0.2, 0.25) is 5.91 Å². The number of hydrogen-bond acceptors (Lipinski definition) is 2. The Balaban J connectivity index is 3.05. The molecule has 0 unspecified atom stereocenters. The lowest BCUT2D eigenvalue weighted by Crippen LogP contribution is -2.56. The first-order valence-electron chi connectivity index (χ1n) is 7.03. The van der Waals surface area contributed by atoms with E-state index in [1.807, 2.05) is 18.7 Å². The molecule has 2 N–H and O–H groups in total. The number of thiocarbonyl (C=S) groups is 1. The molecule has 1 aliphatic rings. The van der Waals surface area contributed by atoms with Crippen molar-refractivity contribution < 1.29 is 4.79 Å². The molecule has 0 aromatic carbocycles. The van der Waals surface area contributed by atoms with Crippen LogP contribution in [0.1, 0.15) is 59.8 Å². The van der Waals surface area contributed by atoms with E-state index in [0.717, 1.165) is 12.8 Å². The molecule has 18 heavy (non-hydrogen) atoms. The van der Waals surface area contributed by atoms with Crippen molar-refractivity contribution in [2.24, 2.45) is 11.1 Å². The van der Waals surface area contributed by atoms with Crippen LogP contribution in [0.15, 0.2) is 0 Å². The predicted octanol–water partition coefficient (Wildman–Crippen LogP) is 2.87. The van der Waals surface area contributed by atoms with Gasteiger partial charge in [0.05, 0.1) is 10.4 Å². The maximum Gasteiger partial charge on any atom is 0.236 e. The highest BCUT2D eigenvalue weighted by Gasteiger charge is 2.44. The van der Waals surface area contributed by atoms with E-state index in [1.54, 1.807) is 0 Å². The van der Waals surface area contributed by atoms with Crippen molar-refractivity contribution in [2.45, 2.75) is 71.9 Å². The molecule has 1 saturated heterocycles. The Morgan fingerprint density at radius 3 is 2.06 bits per heavy atom. The lowest BCUT2D eigenvalue weighted by molar-refractivity contribution is -0.145. The summed E-state index contributed by atoms with van der Waals surface area (Å²) in [6.07, 6.45) is 4.74. The fraction of sp³-hybridized carbons (Fsp3) is 0.857. The number of piperidine rings is 1. The molecule has 1 aliphatic heterocycles. The molecule has 3 nitrogen and oxygen atoms in total. The Morgan fingerprint density at radius 1 is 1.28 bits per heavy atom. The van der Waals surface area contributed by atoms with E-state index in [0.29, 0.717) is 29.9 Å². The molecule has 0 bridgehead atoms. The first-order chi connectivity index (χ1) is 8.40. The van der Waals surface area contributed by atoms with Gasteiger partial charge in [-0.15, -0.1) is 0 Å². The van der Waals surface area contributed by atoms with Crippen LogP contribution in [-0.4, -0.2) is 27.9 Å². The van der Waals surface area contributed by atoms with Crippen molar-refractivity contribution in [1.82, 2.24) is 4.90 Å². The molecule has 1 fully saturated rings. The molecular weight excluding hydrogens is 244 g/mol. The molecule has 104 valence electrons. The van der Waals surface area contributed by atoms with Gasteiger partial charge in [-0.1, -0.05) is 26.1 Å². The summed E-state index contributed by atoms with van der Waals surface area (Å²) in [6.45, 7) is 8.26. The number of hydrogen-bond donors (Lipinski definition) is 1. The zero-order chi connectivity index (χ0) is 13.9. The molecular formula is C14H26N2OS. The summed E-state index contributed by atoms with van der Waals surface area (Å²) in [5.41, 5.74) is 5.23. The van der Waals surface area contributed by atoms with Crippen molar-refractivity contribution >= 4 is 23.1 Å². The van der Waals surface area contributed by atoms with Crippen LogP contribution in [0.3, 0.4) is 0 Å². The van der Waals surface area contributed by atoms with Gasteiger partial charge >= 0.3 is 0 Å². The quantitative estimate of drug-likeness (QED) is 0.799. The molecule has 1 rings (SSSR count). The molecule has 0 radical (unpaired) electrons. The average molecular weight is 270 g/mol. The van der Waals surface area contributed by atoms with Crippen LogP contribution in [0.5, 0.6) is 0 Å². The minimum atomic E-state index is -0.644. The van der Waals surface area contributed by atoms with Gasteiger partial charge in [-0.3, -0.25) is 4.79 Å². The van der Waals surface area contributed by atoms with Crippen molar-refractivity contribution in [3.8, 4) is 0 Å². The van der Waals surface area contributed by atoms with Crippen LogP contribution in [-0.2, 0) is 4.79 Å². The Labute approximate surface area is 116 Å². The fourth-order valence-electron chi connectivity index (χ4n) is 3.08. The third-order valence-electron chi connectivity index (χ3n) is 4.52. The van der Waals surface area contributed by atoms with Crippen LogP contribution < -0.4 is 5.73 Å². The van der Waals surface area contributed by atoms with Crippen LogP contribution >= 0.6 is 12.2 Å². The highest BCUT2D eigenvalue weighted by Crippen LogP contribution is 2.34. The summed E-state index contributed by atoms with van der Waals surface area (Å²) in [6, 6.07) is 0.598. The summed E-state index contributed by atoms with van der Waals surface area (Å²) >= 11 is 5.18. The maximum atomic E-state index is 12.9. The molecule has 0 saturated carbocycles. The lowest BCUT2D eigenvalue weighted by atomic mass is 9.79. The van der Waals surface area contributed by atoms with Crippen molar-refractivity contribution in [3.05, 3.63) is 0 Å². The summed E-state index contributed by atoms with van der Waals surface area (Å²) in [4.78, 5) is 15.3. The van der Waals surface area contributed by atoms with Crippen LogP contribution in [0.25, 0.3) is 0 Å². The van der Waals surface area contributed by atoms with Crippen molar-refractivity contribution in [3.63, 3.8) is 0 Å². The molecule has 0 aromatic rings. The second-order valence-electron chi connectivity index (χ2n) is 5.49. The average Bonchev–Trinajstić information content (AvgIpc) is 2.30. The minimum Gasteiger partial charge on any atom is -0.392 e. The van der Waals surface area contributed by atoms with Gasteiger partial charge in [0.15, 0.2) is 0 Å². The second-order valence-corrected chi connectivity index (χ2v) is 5.93. The number of nitrogens with two attached hydrogens (primary N) is 1. The summed E-state index contributed by atoms with van der Waals surface area (Å²) < 4.78 is 0. The Kier molecular flexibility index (Phi) is 5.14. The van der Waals surface area contributed by atoms with E-state index >= 15 is 0 Å². The van der Waals surface area contributed by atoms with Gasteiger partial charge in [0.25, 0.3) is 0 Å². The molecule has 0 spiro atoms. The van der Waals surface area contributed by atoms with Crippen LogP contribution in [0, 0.1) is 5.41 Å². The number of amides is 1. The highest BCUT2D eigenvalue weighted by molar-refractivity contribution is 7.80. The first-order valence-corrected chi connectivity index (χ1v) is 7.44. The highest BCUT2D eigenvalue weighted by atomic mass is 32.1. The molecule has 1 heterocycles. The van der Waals surface area contributed by atoms with E-state index in [9.17, 15) is 4.79 Å². The van der Waals surface area contributed by atoms with Crippen LogP contribution in [0.4, 0.5) is 0 Å². The number of carbonyl (C=O) groups excluding carboxylic acids is 1. The summed E-state index contributed by atoms with van der Waals surface area (Å²) in [5.74, 6) is 0.139. The van der Waals surface area contributed by atoms with E-state index in [2.05, 4.69) is 13.8 Å². The van der Waals surface area contributed by atoms with Gasteiger partial charge in [-0.25, -0.2) is 0 Å². The smallest absolute Gasteiger partial charge is 0.236 e. The molecule has 1 amide bonds. The topological polar surface area (TPSA) is 46.3 Å². The van der Waals surface area contributed by atoms with Gasteiger partial charge in [0, 0.05) is 12.1 Å². The van der Waals surface area contributed by atoms with Gasteiger partial charge in [-0.2, -0.15) is 0 Å². The first kappa shape index (κ1) is 15.4. The number of likely N-dealkylation sites (tertiary alicyclic amines) is 1. The summed E-state index contributed by atoms with van der Waals surface area (Å²) in [5, 5.41) is 0. The van der Waals surface area contributed by atoms with Gasteiger partial charge in [-0.05, 0) is 46.0 Å². The Bertz CT molecular complexity index is 316. The number of rotatable bonds is 4. The van der Waals surface area contributed by atoms with E-state index in [-0.39, 0.29) is 5.91 Å². The molecule has 0 aromatic heterocycles. The fourth-order valence-corrected chi connectivity index (χ4v) is 3.45. The van der Waals surface area contributed by atoms with Gasteiger partial charge < -0.3 is 10.6 Å². The number of carbonyl (C=O) groups is 1. The van der Waals surface area contributed by atoms with E-state index < -0.39 is 5.41 Å². The maximum absolute atomic E-state index is 12.9. The third-order valence-corrected chi connectivity index (χ3v) is 4.91. The molecule has 4 heteroatoms. The largest absolute Gasteiger partial charge is 0.392 e. The van der Waals surface area contributed by atoms with E-state index in [4.69, 9.17) is 18.0 Å². The third kappa shape index (κ3) is 2.53. The normalized spacial score (nSPS) is 25.0. The Morgan fingerprint density at radius 2 is 1.72 bits per heavy atom. The standard InChI is InChI=1S/C14H26N2OS/c1-5-14(6-2,12(15)18)13(17)16-10(3)8-7-9-11(16)4/h10-11H,5-9H2,1-4H3,(H2,15,18)/t10-,11+. The monoisotopic (exact) mass is 270 g/mol. The zero-order valence-electron chi connectivity index (χ0n) is 12.0. The van der Waals surface area contributed by atoms with Gasteiger partial charge in [0.1, 0.15) is 0 Å². The lowest BCUT2D eigenvalue weighted by Gasteiger charge is -2.44. The predicted molar refractivity (Wildman–Crippen MR) is 79.4 cm³/mol. The SMILES string of the molecule is CCC(CC)(C(=O)N1[C@H](C)CCC[C@@H]1C)C(N)=S. The molecule has 2 atom stereocenters. The Hall–Kier alpha value is -0.640. The minimum absolute atomic E-state index is 0.139. The second kappa shape index (κ2) is 6.00.